The van der Waals surface area contributed by atoms with E-state index in [0.29, 0.717) is 16.9 Å². The number of hydrogen-bond donors (Lipinski definition) is 2. The minimum Gasteiger partial charge on any atom is -0.484 e. The second kappa shape index (κ2) is 9.98. The van der Waals surface area contributed by atoms with Crippen LogP contribution in [-0.4, -0.2) is 35.6 Å². The quantitative estimate of drug-likeness (QED) is 0.402. The maximum absolute atomic E-state index is 12.1. The average Bonchev–Trinajstić information content (AvgIpc) is 2.67. The van der Waals surface area contributed by atoms with Gasteiger partial charge in [-0.15, -0.1) is 0 Å². The standard InChI is InChI=1S/C20H22N4O5/c1-13(2)22-19(25)12-29-17-8-5-15(6-9-17)11-21-23-20(26)16-7-4-14(3)18(10-16)24(27)28/h4-11,13H,12H2,1-3H3,(H,22,25)(H,23,26)/b21-11-. The molecule has 9 nitrogen and oxygen atoms in total. The first-order chi connectivity index (χ1) is 13.8. The normalized spacial score (nSPS) is 10.8. The van der Waals surface area contributed by atoms with E-state index in [1.54, 1.807) is 31.2 Å². The van der Waals surface area contributed by atoms with E-state index in [1.807, 2.05) is 13.8 Å². The molecule has 0 aliphatic carbocycles. The fourth-order valence-electron chi connectivity index (χ4n) is 2.34. The van der Waals surface area contributed by atoms with Crippen LogP contribution in [0.2, 0.25) is 0 Å². The van der Waals surface area contributed by atoms with E-state index in [-0.39, 0.29) is 29.8 Å². The number of carbonyl (C=O) groups is 2. The molecular formula is C20H22N4O5. The van der Waals surface area contributed by atoms with Crippen LogP contribution in [0.3, 0.4) is 0 Å². The summed E-state index contributed by atoms with van der Waals surface area (Å²) in [6.45, 7) is 5.25. The average molecular weight is 398 g/mol. The van der Waals surface area contributed by atoms with Crippen molar-refractivity contribution in [2.45, 2.75) is 26.8 Å². The summed E-state index contributed by atoms with van der Waals surface area (Å²) in [4.78, 5) is 34.1. The Kier molecular flexibility index (Phi) is 7.41. The summed E-state index contributed by atoms with van der Waals surface area (Å²) in [7, 11) is 0. The van der Waals surface area contributed by atoms with Crippen LogP contribution in [-0.2, 0) is 4.79 Å². The number of aryl methyl sites for hydroxylation is 1. The molecule has 2 amide bonds. The van der Waals surface area contributed by atoms with Gasteiger partial charge in [0.2, 0.25) is 0 Å². The number of carbonyl (C=O) groups excluding carboxylic acids is 2. The Morgan fingerprint density at radius 1 is 1.21 bits per heavy atom. The highest BCUT2D eigenvalue weighted by Crippen LogP contribution is 2.19. The molecule has 2 rings (SSSR count). The maximum atomic E-state index is 12.1. The molecule has 0 unspecified atom stereocenters. The number of hydrogen-bond acceptors (Lipinski definition) is 6. The van der Waals surface area contributed by atoms with E-state index >= 15 is 0 Å². The molecule has 0 radical (unpaired) electrons. The molecular weight excluding hydrogens is 376 g/mol. The summed E-state index contributed by atoms with van der Waals surface area (Å²) >= 11 is 0. The first-order valence-corrected chi connectivity index (χ1v) is 8.87. The summed E-state index contributed by atoms with van der Waals surface area (Å²) < 4.78 is 5.38. The first-order valence-electron chi connectivity index (χ1n) is 8.87. The zero-order valence-corrected chi connectivity index (χ0v) is 16.3. The molecule has 0 heterocycles. The Labute approximate surface area is 167 Å². The number of ether oxygens (including phenoxy) is 1. The largest absolute Gasteiger partial charge is 0.484 e. The summed E-state index contributed by atoms with van der Waals surface area (Å²) in [5.74, 6) is -0.234. The summed E-state index contributed by atoms with van der Waals surface area (Å²) in [5.41, 5.74) is 3.51. The highest BCUT2D eigenvalue weighted by atomic mass is 16.6. The Hall–Kier alpha value is -3.75. The molecule has 0 spiro atoms. The molecule has 152 valence electrons. The van der Waals surface area contributed by atoms with Gasteiger partial charge >= 0.3 is 0 Å². The molecule has 0 aliphatic rings. The molecule has 0 bridgehead atoms. The molecule has 2 aromatic rings. The number of hydrazone groups is 1. The molecule has 0 saturated carbocycles. The van der Waals surface area contributed by atoms with Gasteiger partial charge in [-0.25, -0.2) is 5.43 Å². The van der Waals surface area contributed by atoms with E-state index in [1.165, 1.54) is 24.4 Å². The lowest BCUT2D eigenvalue weighted by Crippen LogP contribution is -2.34. The molecule has 9 heteroatoms. The zero-order valence-electron chi connectivity index (χ0n) is 16.3. The topological polar surface area (TPSA) is 123 Å². The van der Waals surface area contributed by atoms with Crippen molar-refractivity contribution in [3.8, 4) is 5.75 Å². The smallest absolute Gasteiger partial charge is 0.273 e. The Bertz CT molecular complexity index is 923. The van der Waals surface area contributed by atoms with Gasteiger partial charge in [0.1, 0.15) is 5.75 Å². The lowest BCUT2D eigenvalue weighted by atomic mass is 10.1. The zero-order chi connectivity index (χ0) is 21.4. The third kappa shape index (κ3) is 6.73. The maximum Gasteiger partial charge on any atom is 0.273 e. The van der Waals surface area contributed by atoms with Crippen molar-refractivity contribution in [3.05, 3.63) is 69.3 Å². The minimum absolute atomic E-state index is 0.0472. The lowest BCUT2D eigenvalue weighted by molar-refractivity contribution is -0.385. The Balaban J connectivity index is 1.90. The SMILES string of the molecule is Cc1ccc(C(=O)N/N=C\c2ccc(OCC(=O)NC(C)C)cc2)cc1[N+](=O)[O-]. The van der Waals surface area contributed by atoms with Crippen LogP contribution in [0.25, 0.3) is 0 Å². The van der Waals surface area contributed by atoms with Crippen molar-refractivity contribution in [2.24, 2.45) is 5.10 Å². The van der Waals surface area contributed by atoms with Gasteiger partial charge in [0.05, 0.1) is 11.1 Å². The highest BCUT2D eigenvalue weighted by Gasteiger charge is 2.14. The fourth-order valence-corrected chi connectivity index (χ4v) is 2.34. The van der Waals surface area contributed by atoms with Crippen LogP contribution >= 0.6 is 0 Å². The van der Waals surface area contributed by atoms with Crippen molar-refractivity contribution in [2.75, 3.05) is 6.61 Å². The van der Waals surface area contributed by atoms with Gasteiger partial charge in [-0.05, 0) is 56.7 Å². The molecule has 0 atom stereocenters. The van der Waals surface area contributed by atoms with Crippen molar-refractivity contribution in [3.63, 3.8) is 0 Å². The van der Waals surface area contributed by atoms with Crippen molar-refractivity contribution < 1.29 is 19.2 Å². The van der Waals surface area contributed by atoms with E-state index in [2.05, 4.69) is 15.8 Å². The van der Waals surface area contributed by atoms with E-state index in [4.69, 9.17) is 4.74 Å². The predicted molar refractivity (Wildman–Crippen MR) is 108 cm³/mol. The fraction of sp³-hybridized carbons (Fsp3) is 0.250. The Morgan fingerprint density at radius 2 is 1.90 bits per heavy atom. The molecule has 0 aromatic heterocycles. The summed E-state index contributed by atoms with van der Waals surface area (Å²) in [6.07, 6.45) is 1.43. The van der Waals surface area contributed by atoms with Crippen molar-refractivity contribution in [1.29, 1.82) is 0 Å². The molecule has 29 heavy (non-hydrogen) atoms. The van der Waals surface area contributed by atoms with Crippen LogP contribution in [0.4, 0.5) is 5.69 Å². The van der Waals surface area contributed by atoms with Crippen LogP contribution in [0.5, 0.6) is 5.75 Å². The molecule has 0 saturated heterocycles. The van der Waals surface area contributed by atoms with Gasteiger partial charge in [0, 0.05) is 23.2 Å². The lowest BCUT2D eigenvalue weighted by Gasteiger charge is -2.09. The van der Waals surface area contributed by atoms with Gasteiger partial charge in [0.25, 0.3) is 17.5 Å². The molecule has 0 aliphatic heterocycles. The van der Waals surface area contributed by atoms with Gasteiger partial charge in [-0.2, -0.15) is 5.10 Å². The molecule has 0 fully saturated rings. The van der Waals surface area contributed by atoms with Crippen LogP contribution in [0.15, 0.2) is 47.6 Å². The van der Waals surface area contributed by atoms with E-state index in [0.717, 1.165) is 0 Å². The number of nitro benzene ring substituents is 1. The second-order valence-electron chi connectivity index (χ2n) is 6.54. The number of nitrogens with zero attached hydrogens (tertiary/aromatic N) is 2. The van der Waals surface area contributed by atoms with Crippen molar-refractivity contribution in [1.82, 2.24) is 10.7 Å². The Morgan fingerprint density at radius 3 is 2.52 bits per heavy atom. The monoisotopic (exact) mass is 398 g/mol. The van der Waals surface area contributed by atoms with Gasteiger partial charge in [0.15, 0.2) is 6.61 Å². The van der Waals surface area contributed by atoms with Crippen LogP contribution in [0.1, 0.15) is 35.3 Å². The molecule has 2 N–H and O–H groups in total. The number of nitro groups is 1. The predicted octanol–water partition coefficient (Wildman–Crippen LogP) is 2.57. The molecule has 2 aromatic carbocycles. The van der Waals surface area contributed by atoms with E-state index < -0.39 is 10.8 Å². The summed E-state index contributed by atoms with van der Waals surface area (Å²) in [6, 6.07) is 11.0. The van der Waals surface area contributed by atoms with Gasteiger partial charge in [-0.1, -0.05) is 6.07 Å². The first kappa shape index (κ1) is 21.5. The second-order valence-corrected chi connectivity index (χ2v) is 6.54. The number of rotatable bonds is 8. The third-order valence-electron chi connectivity index (χ3n) is 3.75. The minimum atomic E-state index is -0.555. The summed E-state index contributed by atoms with van der Waals surface area (Å²) in [5, 5.41) is 17.5. The number of nitrogens with one attached hydrogen (secondary N) is 2. The van der Waals surface area contributed by atoms with E-state index in [9.17, 15) is 19.7 Å². The van der Waals surface area contributed by atoms with Crippen LogP contribution < -0.4 is 15.5 Å². The number of benzene rings is 2. The highest BCUT2D eigenvalue weighted by molar-refractivity contribution is 5.95. The van der Waals surface area contributed by atoms with Gasteiger partial charge in [-0.3, -0.25) is 19.7 Å². The van der Waals surface area contributed by atoms with Crippen molar-refractivity contribution >= 4 is 23.7 Å². The van der Waals surface area contributed by atoms with Gasteiger partial charge < -0.3 is 10.1 Å². The van der Waals surface area contributed by atoms with Crippen LogP contribution in [0, 0.1) is 17.0 Å². The third-order valence-corrected chi connectivity index (χ3v) is 3.75. The number of amides is 2.